The zero-order valence-electron chi connectivity index (χ0n) is 11.4. The van der Waals surface area contributed by atoms with E-state index in [1.54, 1.807) is 0 Å². The highest BCUT2D eigenvalue weighted by Crippen LogP contribution is 2.01. The number of ether oxygens (including phenoxy) is 3. The number of hydrogen-bond donors (Lipinski definition) is 0. The second kappa shape index (κ2) is 12.8. The summed E-state index contributed by atoms with van der Waals surface area (Å²) < 4.78 is 20.9. The molecule has 0 radical (unpaired) electrons. The van der Waals surface area contributed by atoms with Crippen LogP contribution in [0.2, 0.25) is 6.04 Å². The van der Waals surface area contributed by atoms with Crippen molar-refractivity contribution in [1.29, 1.82) is 0 Å². The predicted molar refractivity (Wildman–Crippen MR) is 71.9 cm³/mol. The zero-order chi connectivity index (χ0) is 13.6. The van der Waals surface area contributed by atoms with E-state index in [0.717, 1.165) is 18.9 Å². The highest BCUT2D eigenvalue weighted by molar-refractivity contribution is 6.27. The SMILES string of the molecule is C=CC(=O)OCCCC[SiH2]OC(OCC)OCC. The average Bonchev–Trinajstić information content (AvgIpc) is 2.37. The lowest BCUT2D eigenvalue weighted by Crippen LogP contribution is -2.23. The van der Waals surface area contributed by atoms with Crippen LogP contribution in [0.5, 0.6) is 0 Å². The van der Waals surface area contributed by atoms with E-state index in [0.29, 0.717) is 19.8 Å². The zero-order valence-corrected chi connectivity index (χ0v) is 12.8. The molecule has 0 aliphatic carbocycles. The number of esters is 1. The highest BCUT2D eigenvalue weighted by atomic mass is 28.2. The number of hydrogen-bond acceptors (Lipinski definition) is 5. The van der Waals surface area contributed by atoms with Crippen LogP contribution in [-0.4, -0.2) is 42.0 Å². The summed E-state index contributed by atoms with van der Waals surface area (Å²) in [5.41, 5.74) is 0. The Morgan fingerprint density at radius 1 is 1.28 bits per heavy atom. The van der Waals surface area contributed by atoms with Crippen molar-refractivity contribution in [2.24, 2.45) is 0 Å². The largest absolute Gasteiger partial charge is 0.463 e. The van der Waals surface area contributed by atoms with Crippen LogP contribution in [0, 0.1) is 0 Å². The van der Waals surface area contributed by atoms with E-state index < -0.39 is 16.2 Å². The maximum atomic E-state index is 10.7. The van der Waals surface area contributed by atoms with Crippen LogP contribution >= 0.6 is 0 Å². The van der Waals surface area contributed by atoms with Crippen LogP contribution in [0.15, 0.2) is 12.7 Å². The molecule has 0 heterocycles. The van der Waals surface area contributed by atoms with Gasteiger partial charge < -0.3 is 18.6 Å². The lowest BCUT2D eigenvalue weighted by molar-refractivity contribution is -0.243. The summed E-state index contributed by atoms with van der Waals surface area (Å²) in [6.07, 6.45) is 3.01. The van der Waals surface area contributed by atoms with E-state index >= 15 is 0 Å². The summed E-state index contributed by atoms with van der Waals surface area (Å²) >= 11 is 0. The Hall–Kier alpha value is -0.693. The van der Waals surface area contributed by atoms with E-state index in [2.05, 4.69) is 6.58 Å². The van der Waals surface area contributed by atoms with Gasteiger partial charge in [0.1, 0.15) is 0 Å². The van der Waals surface area contributed by atoms with Gasteiger partial charge in [-0.15, -0.1) is 0 Å². The predicted octanol–water partition coefficient (Wildman–Crippen LogP) is 1.37. The van der Waals surface area contributed by atoms with Crippen LogP contribution in [-0.2, 0) is 23.4 Å². The molecule has 0 aromatic carbocycles. The molecule has 0 atom stereocenters. The van der Waals surface area contributed by atoms with Gasteiger partial charge in [-0.2, -0.15) is 0 Å². The van der Waals surface area contributed by atoms with E-state index in [1.165, 1.54) is 6.08 Å². The van der Waals surface area contributed by atoms with Crippen LogP contribution in [0.4, 0.5) is 0 Å². The standard InChI is InChI=1S/C12H24O5Si/c1-4-11(13)16-9-7-8-10-18-17-12(14-5-2)15-6-3/h4,12H,1,5-10,18H2,2-3H3. The fraction of sp³-hybridized carbons (Fsp3) is 0.750. The van der Waals surface area contributed by atoms with Gasteiger partial charge >= 0.3 is 5.97 Å². The summed E-state index contributed by atoms with van der Waals surface area (Å²) in [5, 5.41) is 0. The molecule has 0 bridgehead atoms. The van der Waals surface area contributed by atoms with Crippen molar-refractivity contribution < 1.29 is 23.4 Å². The quantitative estimate of drug-likeness (QED) is 0.177. The highest BCUT2D eigenvalue weighted by Gasteiger charge is 2.06. The van der Waals surface area contributed by atoms with Gasteiger partial charge in [0.15, 0.2) is 9.76 Å². The van der Waals surface area contributed by atoms with E-state index in [4.69, 9.17) is 18.6 Å². The summed E-state index contributed by atoms with van der Waals surface area (Å²) in [6.45, 7) is 8.24. The number of unbranched alkanes of at least 4 members (excludes halogenated alkanes) is 1. The molecular formula is C12H24O5Si. The Morgan fingerprint density at radius 2 is 1.94 bits per heavy atom. The Labute approximate surface area is 111 Å². The molecule has 0 saturated heterocycles. The van der Waals surface area contributed by atoms with Crippen LogP contribution in [0.1, 0.15) is 26.7 Å². The van der Waals surface area contributed by atoms with E-state index in [9.17, 15) is 4.79 Å². The topological polar surface area (TPSA) is 54.0 Å². The lowest BCUT2D eigenvalue weighted by atomic mass is 10.4. The van der Waals surface area contributed by atoms with Crippen molar-refractivity contribution in [3.8, 4) is 0 Å². The fourth-order valence-corrected chi connectivity index (χ4v) is 2.32. The molecule has 0 aliphatic rings. The van der Waals surface area contributed by atoms with E-state index in [-0.39, 0.29) is 5.97 Å². The Balaban J connectivity index is 3.37. The third-order valence-electron chi connectivity index (χ3n) is 2.06. The summed E-state index contributed by atoms with van der Waals surface area (Å²) in [7, 11) is -0.640. The summed E-state index contributed by atoms with van der Waals surface area (Å²) in [4.78, 5) is 10.7. The number of rotatable bonds is 12. The van der Waals surface area contributed by atoms with Crippen LogP contribution in [0.3, 0.4) is 0 Å². The van der Waals surface area contributed by atoms with Gasteiger partial charge in [-0.05, 0) is 26.3 Å². The second-order valence-corrected chi connectivity index (χ2v) is 4.95. The molecule has 0 fully saturated rings. The molecule has 0 aromatic heterocycles. The number of carbonyl (C=O) groups excluding carboxylic acids is 1. The minimum absolute atomic E-state index is 0.365. The van der Waals surface area contributed by atoms with Gasteiger partial charge in [-0.25, -0.2) is 4.79 Å². The number of carbonyl (C=O) groups is 1. The molecule has 0 unspecified atom stereocenters. The van der Waals surface area contributed by atoms with Gasteiger partial charge in [-0.3, -0.25) is 0 Å². The molecule has 0 aliphatic heterocycles. The van der Waals surface area contributed by atoms with Crippen molar-refractivity contribution >= 4 is 15.7 Å². The summed E-state index contributed by atoms with van der Waals surface area (Å²) in [6, 6.07) is 1.02. The molecule has 0 saturated carbocycles. The average molecular weight is 276 g/mol. The third kappa shape index (κ3) is 10.5. The van der Waals surface area contributed by atoms with Gasteiger partial charge in [0.05, 0.1) is 6.61 Å². The van der Waals surface area contributed by atoms with Crippen LogP contribution in [0.25, 0.3) is 0 Å². The maximum Gasteiger partial charge on any atom is 0.330 e. The molecule has 18 heavy (non-hydrogen) atoms. The molecule has 0 aromatic rings. The monoisotopic (exact) mass is 276 g/mol. The lowest BCUT2D eigenvalue weighted by Gasteiger charge is -2.17. The van der Waals surface area contributed by atoms with Gasteiger partial charge in [0.25, 0.3) is 6.48 Å². The maximum absolute atomic E-state index is 10.7. The molecule has 0 rings (SSSR count). The minimum atomic E-state index is -0.640. The van der Waals surface area contributed by atoms with E-state index in [1.807, 2.05) is 13.8 Å². The van der Waals surface area contributed by atoms with Crippen molar-refractivity contribution in [2.45, 2.75) is 39.2 Å². The molecular weight excluding hydrogens is 252 g/mol. The van der Waals surface area contributed by atoms with Gasteiger partial charge in [0, 0.05) is 19.3 Å². The second-order valence-electron chi connectivity index (χ2n) is 3.50. The first-order valence-corrected chi connectivity index (χ1v) is 7.96. The summed E-state index contributed by atoms with van der Waals surface area (Å²) in [5.74, 6) is -0.365. The van der Waals surface area contributed by atoms with Crippen molar-refractivity contribution in [3.05, 3.63) is 12.7 Å². The first-order valence-electron chi connectivity index (χ1n) is 6.38. The minimum Gasteiger partial charge on any atom is -0.463 e. The first-order chi connectivity index (χ1) is 8.74. The molecule has 0 N–H and O–H groups in total. The first kappa shape index (κ1) is 17.3. The van der Waals surface area contributed by atoms with Crippen molar-refractivity contribution in [1.82, 2.24) is 0 Å². The van der Waals surface area contributed by atoms with Crippen LogP contribution < -0.4 is 0 Å². The Kier molecular flexibility index (Phi) is 12.3. The molecule has 0 amide bonds. The molecule has 0 spiro atoms. The molecule has 106 valence electrons. The Bertz CT molecular complexity index is 217. The van der Waals surface area contributed by atoms with Gasteiger partial charge in [-0.1, -0.05) is 13.0 Å². The van der Waals surface area contributed by atoms with Gasteiger partial charge in [0.2, 0.25) is 0 Å². The molecule has 5 nitrogen and oxygen atoms in total. The third-order valence-corrected chi connectivity index (χ3v) is 3.36. The fourth-order valence-electron chi connectivity index (χ4n) is 1.21. The smallest absolute Gasteiger partial charge is 0.330 e. The Morgan fingerprint density at radius 3 is 2.50 bits per heavy atom. The van der Waals surface area contributed by atoms with Crippen molar-refractivity contribution in [3.63, 3.8) is 0 Å². The molecule has 6 heteroatoms. The van der Waals surface area contributed by atoms with Crippen molar-refractivity contribution in [2.75, 3.05) is 19.8 Å². The normalized spacial score (nSPS) is 11.3.